The average molecular weight is 265 g/mol. The summed E-state index contributed by atoms with van der Waals surface area (Å²) >= 11 is 5.79. The van der Waals surface area contributed by atoms with E-state index in [9.17, 15) is 13.6 Å². The Morgan fingerprint density at radius 2 is 2.35 bits per heavy atom. The van der Waals surface area contributed by atoms with Crippen LogP contribution >= 0.6 is 11.6 Å². The third-order valence-electron chi connectivity index (χ3n) is 1.76. The van der Waals surface area contributed by atoms with Crippen molar-refractivity contribution in [1.82, 2.24) is 4.98 Å². The van der Waals surface area contributed by atoms with Gasteiger partial charge in [0.25, 0.3) is 6.43 Å². The molecule has 0 radical (unpaired) electrons. The van der Waals surface area contributed by atoms with Gasteiger partial charge in [0, 0.05) is 6.20 Å². The summed E-state index contributed by atoms with van der Waals surface area (Å²) in [4.78, 5) is 15.1. The minimum absolute atomic E-state index is 0.0159. The van der Waals surface area contributed by atoms with Crippen molar-refractivity contribution < 1.29 is 18.3 Å². The van der Waals surface area contributed by atoms with Crippen LogP contribution < -0.4 is 5.32 Å². The van der Waals surface area contributed by atoms with Crippen molar-refractivity contribution in [3.8, 4) is 0 Å². The van der Waals surface area contributed by atoms with Crippen molar-refractivity contribution in [1.29, 1.82) is 0 Å². The van der Waals surface area contributed by atoms with E-state index in [-0.39, 0.29) is 18.9 Å². The van der Waals surface area contributed by atoms with Crippen LogP contribution in [0, 0.1) is 0 Å². The molecule has 0 saturated heterocycles. The number of nitrogens with one attached hydrogen (secondary N) is 1. The molecule has 0 bridgehead atoms. The Hall–Kier alpha value is -1.27. The van der Waals surface area contributed by atoms with Gasteiger partial charge in [0.1, 0.15) is 6.61 Å². The van der Waals surface area contributed by atoms with Gasteiger partial charge < -0.3 is 10.1 Å². The molecule has 1 aromatic rings. The Kier molecular flexibility index (Phi) is 5.79. The van der Waals surface area contributed by atoms with Crippen molar-refractivity contribution in [3.63, 3.8) is 0 Å². The number of aromatic nitrogens is 1. The minimum atomic E-state index is -2.52. The fourth-order valence-electron chi connectivity index (χ4n) is 1.02. The van der Waals surface area contributed by atoms with Crippen molar-refractivity contribution in [3.05, 3.63) is 23.5 Å². The van der Waals surface area contributed by atoms with E-state index >= 15 is 0 Å². The molecule has 0 aliphatic carbocycles. The largest absolute Gasteiger partial charge is 0.375 e. The maximum Gasteiger partial charge on any atom is 0.261 e. The van der Waals surface area contributed by atoms with E-state index in [1.165, 1.54) is 18.5 Å². The molecule has 94 valence electrons. The smallest absolute Gasteiger partial charge is 0.261 e. The fraction of sp³-hybridized carbons (Fsp3) is 0.400. The fourth-order valence-corrected chi connectivity index (χ4v) is 1.17. The van der Waals surface area contributed by atoms with Gasteiger partial charge in [-0.2, -0.15) is 0 Å². The van der Waals surface area contributed by atoms with Gasteiger partial charge in [0.15, 0.2) is 0 Å². The highest BCUT2D eigenvalue weighted by Gasteiger charge is 2.07. The van der Waals surface area contributed by atoms with Gasteiger partial charge >= 0.3 is 0 Å². The molecule has 0 aliphatic heterocycles. The molecule has 0 aliphatic rings. The van der Waals surface area contributed by atoms with E-state index in [1.54, 1.807) is 0 Å². The van der Waals surface area contributed by atoms with Crippen LogP contribution in [0.2, 0.25) is 5.02 Å². The first-order valence-corrected chi connectivity index (χ1v) is 5.22. The van der Waals surface area contributed by atoms with E-state index in [2.05, 4.69) is 15.0 Å². The molecule has 17 heavy (non-hydrogen) atoms. The molecule has 1 N–H and O–H groups in total. The Morgan fingerprint density at radius 1 is 1.59 bits per heavy atom. The maximum absolute atomic E-state index is 11.7. The first kappa shape index (κ1) is 13.8. The van der Waals surface area contributed by atoms with Crippen LogP contribution in [0.25, 0.3) is 0 Å². The molecule has 0 unspecified atom stereocenters. The topological polar surface area (TPSA) is 51.2 Å². The van der Waals surface area contributed by atoms with E-state index in [0.29, 0.717) is 10.7 Å². The van der Waals surface area contributed by atoms with Crippen LogP contribution in [0.5, 0.6) is 0 Å². The molecular formula is C10H11ClF2N2O2. The number of carbonyl (C=O) groups excluding carboxylic acids is 1. The van der Waals surface area contributed by atoms with Gasteiger partial charge in [-0.25, -0.2) is 8.78 Å². The van der Waals surface area contributed by atoms with Gasteiger partial charge in [-0.3, -0.25) is 9.78 Å². The molecule has 1 aromatic heterocycles. The summed E-state index contributed by atoms with van der Waals surface area (Å²) in [6.07, 6.45) is 0.355. The molecule has 1 rings (SSSR count). The van der Waals surface area contributed by atoms with Gasteiger partial charge in [-0.05, 0) is 6.07 Å². The number of rotatable bonds is 6. The van der Waals surface area contributed by atoms with E-state index in [4.69, 9.17) is 11.6 Å². The van der Waals surface area contributed by atoms with Crippen LogP contribution in [0.15, 0.2) is 18.5 Å². The quantitative estimate of drug-likeness (QED) is 0.803. The van der Waals surface area contributed by atoms with E-state index in [1.807, 2.05) is 0 Å². The molecule has 1 amide bonds. The van der Waals surface area contributed by atoms with Crippen molar-refractivity contribution in [2.24, 2.45) is 0 Å². The standard InChI is InChI=1S/C10H11ClF2N2O2/c11-7-1-3-14-5-8(7)15-10(16)2-4-17-6-9(12)13/h1,3,5,9H,2,4,6H2,(H,15,16). The third kappa shape index (κ3) is 5.55. The first-order chi connectivity index (χ1) is 8.09. The number of halogens is 3. The van der Waals surface area contributed by atoms with Gasteiger partial charge in [0.2, 0.25) is 5.91 Å². The zero-order chi connectivity index (χ0) is 12.7. The lowest BCUT2D eigenvalue weighted by molar-refractivity contribution is -0.117. The normalized spacial score (nSPS) is 10.6. The summed E-state index contributed by atoms with van der Waals surface area (Å²) in [5.41, 5.74) is 0.382. The molecular weight excluding hydrogens is 254 g/mol. The Labute approximate surface area is 102 Å². The molecule has 0 aromatic carbocycles. The van der Waals surface area contributed by atoms with Crippen LogP contribution in [0.1, 0.15) is 6.42 Å². The maximum atomic E-state index is 11.7. The Morgan fingerprint density at radius 3 is 3.00 bits per heavy atom. The summed E-state index contributed by atoms with van der Waals surface area (Å²) in [5.74, 6) is -0.367. The van der Waals surface area contributed by atoms with Crippen LogP contribution in [-0.4, -0.2) is 30.5 Å². The lowest BCUT2D eigenvalue weighted by atomic mass is 10.3. The lowest BCUT2D eigenvalue weighted by Crippen LogP contribution is -2.16. The molecule has 0 spiro atoms. The van der Waals surface area contributed by atoms with Crippen LogP contribution in [0.3, 0.4) is 0 Å². The van der Waals surface area contributed by atoms with E-state index < -0.39 is 13.0 Å². The average Bonchev–Trinajstić information content (AvgIpc) is 2.27. The second kappa shape index (κ2) is 7.13. The highest BCUT2D eigenvalue weighted by molar-refractivity contribution is 6.33. The highest BCUT2D eigenvalue weighted by atomic mass is 35.5. The number of carbonyl (C=O) groups is 1. The molecule has 0 atom stereocenters. The van der Waals surface area contributed by atoms with E-state index in [0.717, 1.165) is 0 Å². The molecule has 7 heteroatoms. The summed E-state index contributed by atoms with van der Waals surface area (Å²) in [6, 6.07) is 1.53. The molecule has 0 saturated carbocycles. The monoisotopic (exact) mass is 264 g/mol. The number of amides is 1. The van der Waals surface area contributed by atoms with Crippen molar-refractivity contribution >= 4 is 23.2 Å². The van der Waals surface area contributed by atoms with Crippen molar-refractivity contribution in [2.75, 3.05) is 18.5 Å². The number of nitrogens with zero attached hydrogens (tertiary/aromatic N) is 1. The third-order valence-corrected chi connectivity index (χ3v) is 2.09. The number of anilines is 1. The summed E-state index contributed by atoms with van der Waals surface area (Å²) < 4.78 is 28.0. The van der Waals surface area contributed by atoms with Crippen LogP contribution in [0.4, 0.5) is 14.5 Å². The summed E-state index contributed by atoms with van der Waals surface area (Å²) in [6.45, 7) is -0.727. The van der Waals surface area contributed by atoms with Crippen LogP contribution in [-0.2, 0) is 9.53 Å². The molecule has 1 heterocycles. The Balaban J connectivity index is 2.28. The number of hydrogen-bond donors (Lipinski definition) is 1. The summed E-state index contributed by atoms with van der Waals surface area (Å²) in [5, 5.41) is 2.86. The predicted molar refractivity (Wildman–Crippen MR) is 59.3 cm³/mol. The zero-order valence-corrected chi connectivity index (χ0v) is 9.58. The number of ether oxygens (including phenoxy) is 1. The number of hydrogen-bond acceptors (Lipinski definition) is 3. The number of pyridine rings is 1. The number of alkyl halides is 2. The first-order valence-electron chi connectivity index (χ1n) is 4.85. The SMILES string of the molecule is O=C(CCOCC(F)F)Nc1cnccc1Cl. The predicted octanol–water partition coefficient (Wildman–Crippen LogP) is 2.35. The van der Waals surface area contributed by atoms with Crippen molar-refractivity contribution in [2.45, 2.75) is 12.8 Å². The highest BCUT2D eigenvalue weighted by Crippen LogP contribution is 2.18. The lowest BCUT2D eigenvalue weighted by Gasteiger charge is -2.06. The molecule has 4 nitrogen and oxygen atoms in total. The zero-order valence-electron chi connectivity index (χ0n) is 8.83. The minimum Gasteiger partial charge on any atom is -0.375 e. The van der Waals surface area contributed by atoms with Gasteiger partial charge in [-0.1, -0.05) is 11.6 Å². The molecule has 0 fully saturated rings. The second-order valence-corrected chi connectivity index (χ2v) is 3.53. The summed E-state index contributed by atoms with van der Waals surface area (Å²) in [7, 11) is 0. The second-order valence-electron chi connectivity index (χ2n) is 3.12. The Bertz CT molecular complexity index is 377. The van der Waals surface area contributed by atoms with Gasteiger partial charge in [0.05, 0.1) is 29.9 Å². The van der Waals surface area contributed by atoms with Gasteiger partial charge in [-0.15, -0.1) is 0 Å².